The molecule has 0 aliphatic rings. The van der Waals surface area contributed by atoms with Crippen molar-refractivity contribution in [3.05, 3.63) is 112 Å². The van der Waals surface area contributed by atoms with Crippen LogP contribution >= 0.6 is 11.6 Å². The topological polar surface area (TPSA) is 132 Å². The van der Waals surface area contributed by atoms with E-state index in [0.29, 0.717) is 39.0 Å². The summed E-state index contributed by atoms with van der Waals surface area (Å²) in [6.07, 6.45) is 2.03. The van der Waals surface area contributed by atoms with Gasteiger partial charge in [0.2, 0.25) is 11.7 Å². The molecule has 42 heavy (non-hydrogen) atoms. The van der Waals surface area contributed by atoms with Gasteiger partial charge in [0.25, 0.3) is 5.56 Å². The minimum Gasteiger partial charge on any atom is -0.495 e. The van der Waals surface area contributed by atoms with Crippen molar-refractivity contribution in [2.75, 3.05) is 12.4 Å². The molecule has 0 bridgehead atoms. The van der Waals surface area contributed by atoms with E-state index in [4.69, 9.17) is 16.3 Å². The number of nitrogens with one attached hydrogen (secondary N) is 2. The van der Waals surface area contributed by atoms with Crippen molar-refractivity contribution in [1.29, 1.82) is 0 Å². The number of tetrazole rings is 1. The number of carbonyl (C=O) groups is 2. The molecular weight excluding hydrogens is 556 g/mol. The second kappa shape index (κ2) is 12.6. The molecule has 1 amide bonds. The van der Waals surface area contributed by atoms with Crippen molar-refractivity contribution in [3.8, 4) is 28.3 Å². The van der Waals surface area contributed by atoms with Gasteiger partial charge in [-0.2, -0.15) is 5.21 Å². The first-order valence-corrected chi connectivity index (χ1v) is 13.6. The molecule has 1 unspecified atom stereocenters. The van der Waals surface area contributed by atoms with Crippen molar-refractivity contribution < 1.29 is 14.3 Å². The normalized spacial score (nSPS) is 11.6. The number of carbonyl (C=O) groups excluding carboxylic acids is 2. The van der Waals surface area contributed by atoms with Crippen LogP contribution in [0.1, 0.15) is 35.3 Å². The Kier molecular flexibility index (Phi) is 8.54. The third-order valence-corrected chi connectivity index (χ3v) is 7.06. The molecule has 0 saturated heterocycles. The summed E-state index contributed by atoms with van der Waals surface area (Å²) in [6, 6.07) is 21.8. The smallest absolute Gasteiger partial charge is 0.252 e. The standard InChI is InChI=1S/C31H27ClN6O4/c1-3-27(39)23-14-11-21(32)16-24(23)25-17-29(40)38(18-28(25)42-2)26(15-19-7-5-4-6-8-19)31(41)33-22-12-9-20(10-13-22)30-34-36-37-35-30/h4-14,16-18,26H,3,15H2,1-2H3,(H,33,41)(H,34,35,36,37). The summed E-state index contributed by atoms with van der Waals surface area (Å²) in [5, 5.41) is 17.2. The number of hydrogen-bond donors (Lipinski definition) is 2. The Morgan fingerprint density at radius 3 is 2.45 bits per heavy atom. The average Bonchev–Trinajstić information content (AvgIpc) is 3.55. The molecule has 11 heteroatoms. The van der Waals surface area contributed by atoms with E-state index < -0.39 is 17.5 Å². The van der Waals surface area contributed by atoms with E-state index in [1.165, 1.54) is 23.9 Å². The quantitative estimate of drug-likeness (QED) is 0.211. The van der Waals surface area contributed by atoms with E-state index in [9.17, 15) is 14.4 Å². The molecule has 5 aromatic rings. The Morgan fingerprint density at radius 2 is 1.79 bits per heavy atom. The summed E-state index contributed by atoms with van der Waals surface area (Å²) in [7, 11) is 1.47. The largest absolute Gasteiger partial charge is 0.495 e. The molecule has 0 fully saturated rings. The Morgan fingerprint density at radius 1 is 1.02 bits per heavy atom. The van der Waals surface area contributed by atoms with Gasteiger partial charge in [-0.05, 0) is 58.8 Å². The van der Waals surface area contributed by atoms with Crippen LogP contribution in [0.5, 0.6) is 5.75 Å². The van der Waals surface area contributed by atoms with Gasteiger partial charge in [0.1, 0.15) is 11.8 Å². The van der Waals surface area contributed by atoms with Crippen LogP contribution in [0.15, 0.2) is 89.9 Å². The zero-order chi connectivity index (χ0) is 29.6. The number of anilines is 1. The molecule has 0 radical (unpaired) electrons. The van der Waals surface area contributed by atoms with E-state index in [0.717, 1.165) is 11.1 Å². The molecule has 10 nitrogen and oxygen atoms in total. The summed E-state index contributed by atoms with van der Waals surface area (Å²) in [5.41, 5.74) is 3.01. The summed E-state index contributed by atoms with van der Waals surface area (Å²) in [5.74, 6) is 0.252. The number of ketones is 1. The molecule has 0 spiro atoms. The zero-order valence-electron chi connectivity index (χ0n) is 22.9. The third kappa shape index (κ3) is 6.13. The molecule has 2 aromatic heterocycles. The minimum atomic E-state index is -0.921. The van der Waals surface area contributed by atoms with E-state index in [1.54, 1.807) is 49.4 Å². The number of benzene rings is 3. The Labute approximate surface area is 246 Å². The van der Waals surface area contributed by atoms with E-state index in [1.807, 2.05) is 30.3 Å². The predicted octanol–water partition coefficient (Wildman–Crippen LogP) is 5.37. The number of rotatable bonds is 10. The summed E-state index contributed by atoms with van der Waals surface area (Å²) < 4.78 is 7.04. The maximum Gasteiger partial charge on any atom is 0.252 e. The van der Waals surface area contributed by atoms with Crippen LogP contribution in [0.2, 0.25) is 5.02 Å². The van der Waals surface area contributed by atoms with Crippen molar-refractivity contribution in [2.45, 2.75) is 25.8 Å². The number of nitrogens with zero attached hydrogens (tertiary/aromatic N) is 4. The fourth-order valence-corrected chi connectivity index (χ4v) is 4.86. The van der Waals surface area contributed by atoms with Crippen LogP contribution in [0, 0.1) is 0 Å². The minimum absolute atomic E-state index is 0.0976. The Hall–Kier alpha value is -5.09. The molecule has 3 aromatic carbocycles. The molecule has 5 rings (SSSR count). The SMILES string of the molecule is CCC(=O)c1ccc(Cl)cc1-c1cc(=O)n(C(Cc2ccccc2)C(=O)Nc2ccc(-c3nn[nH]n3)cc2)cc1OC. The second-order valence-electron chi connectivity index (χ2n) is 9.48. The number of ether oxygens (including phenoxy) is 1. The molecule has 1 atom stereocenters. The first kappa shape index (κ1) is 28.4. The lowest BCUT2D eigenvalue weighted by molar-refractivity contribution is -0.119. The van der Waals surface area contributed by atoms with E-state index in [-0.39, 0.29) is 18.6 Å². The average molecular weight is 583 g/mol. The lowest BCUT2D eigenvalue weighted by atomic mass is 9.95. The van der Waals surface area contributed by atoms with Crippen LogP contribution in [0.25, 0.3) is 22.5 Å². The lowest BCUT2D eigenvalue weighted by Crippen LogP contribution is -2.34. The fraction of sp³-hybridized carbons (Fsp3) is 0.161. The Bertz CT molecular complexity index is 1770. The number of H-pyrrole nitrogens is 1. The van der Waals surface area contributed by atoms with Gasteiger partial charge in [0, 0.05) is 46.3 Å². The maximum absolute atomic E-state index is 13.8. The van der Waals surface area contributed by atoms with Crippen molar-refractivity contribution >= 4 is 29.0 Å². The second-order valence-corrected chi connectivity index (χ2v) is 9.91. The molecule has 2 heterocycles. The van der Waals surface area contributed by atoms with Crippen molar-refractivity contribution in [2.24, 2.45) is 0 Å². The first-order chi connectivity index (χ1) is 20.4. The van der Waals surface area contributed by atoms with Crippen LogP contribution < -0.4 is 15.6 Å². The van der Waals surface area contributed by atoms with Gasteiger partial charge >= 0.3 is 0 Å². The summed E-state index contributed by atoms with van der Waals surface area (Å²) in [4.78, 5) is 40.1. The van der Waals surface area contributed by atoms with E-state index in [2.05, 4.69) is 25.9 Å². The van der Waals surface area contributed by atoms with Gasteiger partial charge in [-0.1, -0.05) is 48.9 Å². The van der Waals surface area contributed by atoms with Crippen LogP contribution in [0.4, 0.5) is 5.69 Å². The number of halogens is 1. The van der Waals surface area contributed by atoms with Crippen LogP contribution in [-0.4, -0.2) is 44.0 Å². The van der Waals surface area contributed by atoms with E-state index >= 15 is 0 Å². The third-order valence-electron chi connectivity index (χ3n) is 6.82. The Balaban J connectivity index is 1.54. The number of aromatic nitrogens is 5. The van der Waals surface area contributed by atoms with Gasteiger partial charge in [0.05, 0.1) is 13.3 Å². The lowest BCUT2D eigenvalue weighted by Gasteiger charge is -2.22. The van der Waals surface area contributed by atoms with Crippen LogP contribution in [-0.2, 0) is 11.2 Å². The summed E-state index contributed by atoms with van der Waals surface area (Å²) >= 11 is 6.28. The number of hydrogen-bond acceptors (Lipinski definition) is 7. The van der Waals surface area contributed by atoms with Gasteiger partial charge in [-0.15, -0.1) is 10.2 Å². The first-order valence-electron chi connectivity index (χ1n) is 13.2. The van der Waals surface area contributed by atoms with Crippen molar-refractivity contribution in [3.63, 3.8) is 0 Å². The molecule has 0 aliphatic heterocycles. The molecule has 0 aliphatic carbocycles. The number of amides is 1. The van der Waals surface area contributed by atoms with Gasteiger partial charge < -0.3 is 10.1 Å². The number of pyridine rings is 1. The molecule has 0 saturated carbocycles. The highest BCUT2D eigenvalue weighted by atomic mass is 35.5. The van der Waals surface area contributed by atoms with Gasteiger partial charge in [-0.3, -0.25) is 19.0 Å². The number of methoxy groups -OCH3 is 1. The predicted molar refractivity (Wildman–Crippen MR) is 160 cm³/mol. The molecule has 212 valence electrons. The highest BCUT2D eigenvalue weighted by Gasteiger charge is 2.25. The van der Waals surface area contributed by atoms with Gasteiger partial charge in [0.15, 0.2) is 5.78 Å². The number of aromatic amines is 1. The monoisotopic (exact) mass is 582 g/mol. The highest BCUT2D eigenvalue weighted by molar-refractivity contribution is 6.31. The fourth-order valence-electron chi connectivity index (χ4n) is 4.69. The highest BCUT2D eigenvalue weighted by Crippen LogP contribution is 2.34. The summed E-state index contributed by atoms with van der Waals surface area (Å²) in [6.45, 7) is 1.77. The molecule has 2 N–H and O–H groups in total. The van der Waals surface area contributed by atoms with Crippen molar-refractivity contribution in [1.82, 2.24) is 25.2 Å². The number of Topliss-reactive ketones (excluding diaryl/α,β-unsaturated/α-hetero) is 1. The van der Waals surface area contributed by atoms with Gasteiger partial charge in [-0.25, -0.2) is 0 Å². The van der Waals surface area contributed by atoms with Crippen LogP contribution in [0.3, 0.4) is 0 Å². The maximum atomic E-state index is 13.8. The zero-order valence-corrected chi connectivity index (χ0v) is 23.6. The molecular formula is C31H27ClN6O4.